The number of aromatic nitrogens is 2. The van der Waals surface area contributed by atoms with Gasteiger partial charge in [0.05, 0.1) is 34.0 Å². The summed E-state index contributed by atoms with van der Waals surface area (Å²) >= 11 is 6.55. The summed E-state index contributed by atoms with van der Waals surface area (Å²) in [5.41, 5.74) is 6.36. The molecule has 0 atom stereocenters. The van der Waals surface area contributed by atoms with Crippen LogP contribution in [0.5, 0.6) is 0 Å². The second-order valence-electron chi connectivity index (χ2n) is 6.62. The molecule has 2 aromatic rings. The molecular formula is C19H23ClN6. The van der Waals surface area contributed by atoms with E-state index in [1.807, 2.05) is 6.20 Å². The third kappa shape index (κ3) is 3.48. The number of benzene rings is 1. The molecule has 136 valence electrons. The lowest BCUT2D eigenvalue weighted by Crippen LogP contribution is -2.45. The van der Waals surface area contributed by atoms with Crippen molar-refractivity contribution in [2.24, 2.45) is 0 Å². The van der Waals surface area contributed by atoms with Crippen molar-refractivity contribution < 1.29 is 0 Å². The molecule has 7 heteroatoms. The molecule has 1 saturated heterocycles. The molecule has 2 aliphatic rings. The standard InChI is InChI=1S/C19H23ClN6/c1-13-8-14(9-16-18(13)24-3-2-23-16)10-25-17-12-22-11-15(20)19(17)26-6-4-21-5-7-26/h2-3,8-9,12,21-22,25H,4-7,10-11H2,1H3. The molecule has 1 aromatic carbocycles. The van der Waals surface area contributed by atoms with Crippen molar-refractivity contribution in [2.45, 2.75) is 13.5 Å². The molecule has 3 heterocycles. The van der Waals surface area contributed by atoms with E-state index in [0.29, 0.717) is 13.1 Å². The van der Waals surface area contributed by atoms with Gasteiger partial charge in [-0.05, 0) is 24.1 Å². The van der Waals surface area contributed by atoms with Gasteiger partial charge in [0.25, 0.3) is 0 Å². The average molecular weight is 371 g/mol. The summed E-state index contributed by atoms with van der Waals surface area (Å²) in [7, 11) is 0. The third-order valence-corrected chi connectivity index (χ3v) is 5.07. The van der Waals surface area contributed by atoms with Crippen LogP contribution in [0.2, 0.25) is 0 Å². The molecule has 4 rings (SSSR count). The molecule has 1 fully saturated rings. The van der Waals surface area contributed by atoms with Crippen molar-refractivity contribution in [1.82, 2.24) is 30.8 Å². The summed E-state index contributed by atoms with van der Waals surface area (Å²) in [5, 5.41) is 11.1. The fourth-order valence-electron chi connectivity index (χ4n) is 3.53. The number of hydrogen-bond acceptors (Lipinski definition) is 6. The van der Waals surface area contributed by atoms with Gasteiger partial charge in [0, 0.05) is 51.3 Å². The molecule has 0 radical (unpaired) electrons. The summed E-state index contributed by atoms with van der Waals surface area (Å²) in [4.78, 5) is 11.2. The molecule has 6 nitrogen and oxygen atoms in total. The lowest BCUT2D eigenvalue weighted by molar-refractivity contribution is 0.298. The monoisotopic (exact) mass is 370 g/mol. The van der Waals surface area contributed by atoms with Gasteiger partial charge in [-0.2, -0.15) is 0 Å². The van der Waals surface area contributed by atoms with Crippen molar-refractivity contribution >= 4 is 22.6 Å². The number of halogens is 1. The Morgan fingerprint density at radius 1 is 1.19 bits per heavy atom. The molecule has 0 unspecified atom stereocenters. The molecule has 0 saturated carbocycles. The molecule has 1 aromatic heterocycles. The van der Waals surface area contributed by atoms with Crippen LogP contribution in [0.15, 0.2) is 47.2 Å². The average Bonchev–Trinajstić information content (AvgIpc) is 2.67. The Labute approximate surface area is 158 Å². The summed E-state index contributed by atoms with van der Waals surface area (Å²) in [6, 6.07) is 4.26. The predicted octanol–water partition coefficient (Wildman–Crippen LogP) is 1.83. The minimum atomic E-state index is 0.677. The first-order valence-corrected chi connectivity index (χ1v) is 9.32. The summed E-state index contributed by atoms with van der Waals surface area (Å²) in [6.07, 6.45) is 5.49. The number of aryl methyl sites for hydroxylation is 1. The SMILES string of the molecule is Cc1cc(CNC2=CNCC(Cl)=C2N2CCNCC2)cc2nccnc12. The number of nitrogens with one attached hydrogen (secondary N) is 3. The van der Waals surface area contributed by atoms with E-state index >= 15 is 0 Å². The van der Waals surface area contributed by atoms with Crippen molar-refractivity contribution in [2.75, 3.05) is 32.7 Å². The second-order valence-corrected chi connectivity index (χ2v) is 7.08. The van der Waals surface area contributed by atoms with Crippen molar-refractivity contribution in [3.8, 4) is 0 Å². The number of rotatable bonds is 4. The van der Waals surface area contributed by atoms with Gasteiger partial charge in [-0.3, -0.25) is 9.97 Å². The second kappa shape index (κ2) is 7.51. The number of dihydropyridines is 1. The van der Waals surface area contributed by atoms with Gasteiger partial charge >= 0.3 is 0 Å². The molecule has 0 aliphatic carbocycles. The molecule has 3 N–H and O–H groups in total. The van der Waals surface area contributed by atoms with E-state index in [1.165, 1.54) is 5.56 Å². The van der Waals surface area contributed by atoms with Crippen LogP contribution in [0.4, 0.5) is 0 Å². The third-order valence-electron chi connectivity index (χ3n) is 4.76. The highest BCUT2D eigenvalue weighted by Crippen LogP contribution is 2.24. The van der Waals surface area contributed by atoms with Gasteiger partial charge in [0.15, 0.2) is 0 Å². The first-order chi connectivity index (χ1) is 12.7. The van der Waals surface area contributed by atoms with E-state index in [1.54, 1.807) is 12.4 Å². The van der Waals surface area contributed by atoms with Crippen LogP contribution in [0.1, 0.15) is 11.1 Å². The Kier molecular flexibility index (Phi) is 4.95. The van der Waals surface area contributed by atoms with Crippen LogP contribution >= 0.6 is 11.6 Å². The lowest BCUT2D eigenvalue weighted by Gasteiger charge is -2.35. The molecule has 0 bridgehead atoms. The largest absolute Gasteiger partial charge is 0.384 e. The van der Waals surface area contributed by atoms with Crippen molar-refractivity contribution in [3.05, 3.63) is 58.3 Å². The summed E-state index contributed by atoms with van der Waals surface area (Å²) in [5.74, 6) is 0. The Morgan fingerprint density at radius 3 is 2.85 bits per heavy atom. The number of hydrogen-bond donors (Lipinski definition) is 3. The maximum absolute atomic E-state index is 6.55. The molecule has 26 heavy (non-hydrogen) atoms. The predicted molar refractivity (Wildman–Crippen MR) is 105 cm³/mol. The van der Waals surface area contributed by atoms with Crippen LogP contribution in [0.25, 0.3) is 11.0 Å². The highest BCUT2D eigenvalue weighted by atomic mass is 35.5. The van der Waals surface area contributed by atoms with Gasteiger partial charge < -0.3 is 20.9 Å². The molecule has 0 amide bonds. The number of fused-ring (bicyclic) bond motifs is 1. The van der Waals surface area contributed by atoms with Crippen LogP contribution in [0.3, 0.4) is 0 Å². The molecule has 0 spiro atoms. The van der Waals surface area contributed by atoms with E-state index < -0.39 is 0 Å². The zero-order chi connectivity index (χ0) is 17.9. The maximum atomic E-state index is 6.55. The number of nitrogens with zero attached hydrogens (tertiary/aromatic N) is 3. The van der Waals surface area contributed by atoms with Crippen LogP contribution in [-0.2, 0) is 6.54 Å². The van der Waals surface area contributed by atoms with Crippen molar-refractivity contribution in [1.29, 1.82) is 0 Å². The van der Waals surface area contributed by atoms with E-state index in [2.05, 4.69) is 49.9 Å². The highest BCUT2D eigenvalue weighted by molar-refractivity contribution is 6.30. The van der Waals surface area contributed by atoms with Crippen LogP contribution in [-0.4, -0.2) is 47.6 Å². The number of piperazine rings is 1. The Hall–Kier alpha value is -2.31. The minimum Gasteiger partial charge on any atom is -0.384 e. The topological polar surface area (TPSA) is 65.1 Å². The van der Waals surface area contributed by atoms with E-state index in [9.17, 15) is 0 Å². The lowest BCUT2D eigenvalue weighted by atomic mass is 10.1. The van der Waals surface area contributed by atoms with Gasteiger partial charge in [-0.1, -0.05) is 17.7 Å². The Bertz CT molecular complexity index is 869. The fourth-order valence-corrected chi connectivity index (χ4v) is 3.83. The minimum absolute atomic E-state index is 0.677. The first-order valence-electron chi connectivity index (χ1n) is 8.95. The fraction of sp³-hybridized carbons (Fsp3) is 0.368. The van der Waals surface area contributed by atoms with E-state index in [0.717, 1.165) is 59.2 Å². The summed E-state index contributed by atoms with van der Waals surface area (Å²) in [6.45, 7) is 7.36. The zero-order valence-corrected chi connectivity index (χ0v) is 15.6. The quantitative estimate of drug-likeness (QED) is 0.763. The van der Waals surface area contributed by atoms with Gasteiger partial charge in [-0.25, -0.2) is 0 Å². The van der Waals surface area contributed by atoms with Gasteiger partial charge in [0.1, 0.15) is 0 Å². The normalized spacial score (nSPS) is 17.9. The Morgan fingerprint density at radius 2 is 2.00 bits per heavy atom. The van der Waals surface area contributed by atoms with Crippen LogP contribution < -0.4 is 16.0 Å². The summed E-state index contributed by atoms with van der Waals surface area (Å²) < 4.78 is 0. The highest BCUT2D eigenvalue weighted by Gasteiger charge is 2.22. The molecule has 2 aliphatic heterocycles. The van der Waals surface area contributed by atoms with E-state index in [4.69, 9.17) is 11.6 Å². The Balaban J connectivity index is 1.54. The van der Waals surface area contributed by atoms with E-state index in [-0.39, 0.29) is 0 Å². The maximum Gasteiger partial charge on any atom is 0.0916 e. The van der Waals surface area contributed by atoms with Crippen molar-refractivity contribution in [3.63, 3.8) is 0 Å². The van der Waals surface area contributed by atoms with Gasteiger partial charge in [-0.15, -0.1) is 0 Å². The van der Waals surface area contributed by atoms with Crippen LogP contribution in [0, 0.1) is 6.92 Å². The zero-order valence-electron chi connectivity index (χ0n) is 14.8. The molecular weight excluding hydrogens is 348 g/mol. The van der Waals surface area contributed by atoms with Gasteiger partial charge in [0.2, 0.25) is 0 Å². The smallest absolute Gasteiger partial charge is 0.0916 e. The first kappa shape index (κ1) is 17.1.